The van der Waals surface area contributed by atoms with Crippen LogP contribution in [-0.4, -0.2) is 92.8 Å². The fraction of sp³-hybridized carbons (Fsp3) is 0.500. The molecule has 0 aromatic rings. The van der Waals surface area contributed by atoms with Crippen LogP contribution in [0.1, 0.15) is 0 Å². The van der Waals surface area contributed by atoms with Crippen molar-refractivity contribution in [3.05, 3.63) is 0 Å². The van der Waals surface area contributed by atoms with Crippen molar-refractivity contribution in [3.63, 3.8) is 0 Å². The fourth-order valence-electron chi connectivity index (χ4n) is 0.742. The summed E-state index contributed by atoms with van der Waals surface area (Å²) in [5, 5.41) is 24.8. The van der Waals surface area contributed by atoms with Crippen LogP contribution in [0.5, 0.6) is 0 Å². The summed E-state index contributed by atoms with van der Waals surface area (Å²) >= 11 is 0. The van der Waals surface area contributed by atoms with Crippen molar-refractivity contribution in [3.8, 4) is 0 Å². The van der Waals surface area contributed by atoms with Gasteiger partial charge in [0, 0.05) is 0 Å². The number of nitrogens with zero attached hydrogens (tertiary/aromatic N) is 1. The molecule has 84 valence electrons. The minimum atomic E-state index is -1.26. The monoisotopic (exact) mass is 233 g/mol. The van der Waals surface area contributed by atoms with Gasteiger partial charge in [-0.3, -0.25) is 19.3 Å². The van der Waals surface area contributed by atoms with Crippen LogP contribution < -0.4 is 0 Å². The second-order valence-corrected chi connectivity index (χ2v) is 2.33. The maximum absolute atomic E-state index is 10.1. The molecule has 0 aromatic carbocycles. The van der Waals surface area contributed by atoms with Gasteiger partial charge in [-0.25, -0.2) is 0 Å². The Balaban J connectivity index is -0.000000720. The van der Waals surface area contributed by atoms with E-state index >= 15 is 0 Å². The van der Waals surface area contributed by atoms with Crippen molar-refractivity contribution in [2.24, 2.45) is 0 Å². The molecular formula is C6H12NNaO7. The normalized spacial score (nSPS) is 8.60. The SMILES string of the molecule is O.O=C(O)CN(CC(=O)O)CC(=O)O.[NaH]. The first kappa shape index (κ1) is 19.8. The van der Waals surface area contributed by atoms with Crippen molar-refractivity contribution in [2.45, 2.75) is 0 Å². The van der Waals surface area contributed by atoms with E-state index in [1.807, 2.05) is 0 Å². The Morgan fingerprint density at radius 1 is 0.800 bits per heavy atom. The van der Waals surface area contributed by atoms with E-state index in [2.05, 4.69) is 0 Å². The molecule has 0 saturated heterocycles. The molecule has 9 heteroatoms. The molecule has 0 bridgehead atoms. The van der Waals surface area contributed by atoms with Gasteiger partial charge in [0.1, 0.15) is 0 Å². The number of hydrogen-bond acceptors (Lipinski definition) is 4. The van der Waals surface area contributed by atoms with E-state index in [0.717, 1.165) is 4.90 Å². The summed E-state index contributed by atoms with van der Waals surface area (Å²) in [4.78, 5) is 31.2. The van der Waals surface area contributed by atoms with Crippen molar-refractivity contribution < 1.29 is 35.2 Å². The Morgan fingerprint density at radius 3 is 1.13 bits per heavy atom. The molecule has 5 N–H and O–H groups in total. The zero-order valence-electron chi connectivity index (χ0n) is 7.13. The molecule has 0 aliphatic rings. The quantitative estimate of drug-likeness (QED) is 0.416. The van der Waals surface area contributed by atoms with Gasteiger partial charge >= 0.3 is 47.5 Å². The number of hydrogen-bond donors (Lipinski definition) is 3. The molecule has 15 heavy (non-hydrogen) atoms. The molecule has 8 nitrogen and oxygen atoms in total. The standard InChI is InChI=1S/C6H9NO6.Na.H2O.H/c8-4(9)1-7(2-5(10)11)3-6(12)13;;;/h1-3H2,(H,8,9)(H,10,11)(H,12,13);;1H2;. The predicted octanol–water partition coefficient (Wildman–Crippen LogP) is -2.93. The number of rotatable bonds is 6. The molecule has 0 aliphatic carbocycles. The van der Waals surface area contributed by atoms with E-state index in [1.54, 1.807) is 0 Å². The average Bonchev–Trinajstić information content (AvgIpc) is 1.80. The summed E-state index contributed by atoms with van der Waals surface area (Å²) in [6.07, 6.45) is 0. The Bertz CT molecular complexity index is 193. The molecule has 0 radical (unpaired) electrons. The third-order valence-corrected chi connectivity index (χ3v) is 1.08. The Kier molecular flexibility index (Phi) is 13.1. The molecular weight excluding hydrogens is 221 g/mol. The average molecular weight is 233 g/mol. The summed E-state index contributed by atoms with van der Waals surface area (Å²) in [6, 6.07) is 0. The second kappa shape index (κ2) is 9.87. The van der Waals surface area contributed by atoms with Crippen LogP contribution in [0.2, 0.25) is 0 Å². The minimum absolute atomic E-state index is 0. The van der Waals surface area contributed by atoms with Crippen molar-refractivity contribution in [1.29, 1.82) is 0 Å². The Morgan fingerprint density at radius 2 is 1.00 bits per heavy atom. The number of carbonyl (C=O) groups is 3. The van der Waals surface area contributed by atoms with Gasteiger partial charge in [0.25, 0.3) is 0 Å². The van der Waals surface area contributed by atoms with Gasteiger partial charge in [0.05, 0.1) is 19.6 Å². The van der Waals surface area contributed by atoms with E-state index in [1.165, 1.54) is 0 Å². The molecule has 0 atom stereocenters. The van der Waals surface area contributed by atoms with E-state index in [-0.39, 0.29) is 35.0 Å². The van der Waals surface area contributed by atoms with Crippen LogP contribution in [0.4, 0.5) is 0 Å². The number of carboxylic acid groups (broad SMARTS) is 3. The van der Waals surface area contributed by atoms with Crippen LogP contribution in [0.3, 0.4) is 0 Å². The first-order valence-corrected chi connectivity index (χ1v) is 3.29. The van der Waals surface area contributed by atoms with Crippen LogP contribution >= 0.6 is 0 Å². The van der Waals surface area contributed by atoms with Gasteiger partial charge in [-0.1, -0.05) is 0 Å². The van der Waals surface area contributed by atoms with Gasteiger partial charge in [-0.2, -0.15) is 0 Å². The summed E-state index contributed by atoms with van der Waals surface area (Å²) < 4.78 is 0. The fourth-order valence-corrected chi connectivity index (χ4v) is 0.742. The van der Waals surface area contributed by atoms with Crippen molar-refractivity contribution in [1.82, 2.24) is 4.90 Å². The van der Waals surface area contributed by atoms with Gasteiger partial charge in [0.15, 0.2) is 0 Å². The molecule has 0 spiro atoms. The molecule has 0 amide bonds. The van der Waals surface area contributed by atoms with E-state index in [4.69, 9.17) is 15.3 Å². The summed E-state index contributed by atoms with van der Waals surface area (Å²) in [6.45, 7) is -1.80. The molecule has 0 aliphatic heterocycles. The Labute approximate surface area is 107 Å². The van der Waals surface area contributed by atoms with Crippen LogP contribution in [0.15, 0.2) is 0 Å². The number of carboxylic acids is 3. The first-order valence-electron chi connectivity index (χ1n) is 3.29. The summed E-state index contributed by atoms with van der Waals surface area (Å²) in [7, 11) is 0. The summed E-state index contributed by atoms with van der Waals surface area (Å²) in [5.41, 5.74) is 0. The molecule has 0 heterocycles. The first-order chi connectivity index (χ1) is 5.91. The van der Waals surface area contributed by atoms with E-state index < -0.39 is 37.5 Å². The Hall–Kier alpha value is -0.670. The molecule has 0 fully saturated rings. The third-order valence-electron chi connectivity index (χ3n) is 1.08. The molecule has 0 unspecified atom stereocenters. The van der Waals surface area contributed by atoms with Crippen LogP contribution in [0.25, 0.3) is 0 Å². The van der Waals surface area contributed by atoms with Gasteiger partial charge < -0.3 is 20.8 Å². The predicted molar refractivity (Wildman–Crippen MR) is 50.1 cm³/mol. The molecule has 0 saturated carbocycles. The van der Waals surface area contributed by atoms with Crippen LogP contribution in [-0.2, 0) is 14.4 Å². The maximum atomic E-state index is 10.1. The van der Waals surface area contributed by atoms with Crippen LogP contribution in [0, 0.1) is 0 Å². The number of aliphatic carboxylic acids is 3. The van der Waals surface area contributed by atoms with Gasteiger partial charge in [-0.05, 0) is 0 Å². The van der Waals surface area contributed by atoms with Crippen molar-refractivity contribution >= 4 is 47.5 Å². The van der Waals surface area contributed by atoms with Gasteiger partial charge in [-0.15, -0.1) is 0 Å². The zero-order chi connectivity index (χ0) is 10.4. The molecule has 0 rings (SSSR count). The van der Waals surface area contributed by atoms with E-state index in [9.17, 15) is 14.4 Å². The van der Waals surface area contributed by atoms with Crippen molar-refractivity contribution in [2.75, 3.05) is 19.6 Å². The second-order valence-electron chi connectivity index (χ2n) is 2.33. The third kappa shape index (κ3) is 13.3. The summed E-state index contributed by atoms with van der Waals surface area (Å²) in [5.74, 6) is -3.78. The topological polar surface area (TPSA) is 147 Å². The molecule has 0 aromatic heterocycles. The van der Waals surface area contributed by atoms with Gasteiger partial charge in [0.2, 0.25) is 0 Å². The zero-order valence-corrected chi connectivity index (χ0v) is 7.13. The van der Waals surface area contributed by atoms with E-state index in [0.29, 0.717) is 0 Å².